The van der Waals surface area contributed by atoms with Crippen LogP contribution in [0.1, 0.15) is 47.5 Å². The number of rotatable bonds is 8. The zero-order chi connectivity index (χ0) is 25.8. The summed E-state index contributed by atoms with van der Waals surface area (Å²) in [4.78, 5) is 42.7. The highest BCUT2D eigenvalue weighted by molar-refractivity contribution is 7.99. The Labute approximate surface area is 210 Å². The summed E-state index contributed by atoms with van der Waals surface area (Å²) < 4.78 is 10.5. The summed E-state index contributed by atoms with van der Waals surface area (Å²) in [6.07, 6.45) is -0.966. The summed E-state index contributed by atoms with van der Waals surface area (Å²) in [7, 11) is 0. The predicted octanol–water partition coefficient (Wildman–Crippen LogP) is 5.83. The number of aliphatic imine (C=N–C) groups is 1. The second-order valence-corrected chi connectivity index (χ2v) is 8.88. The monoisotopic (exact) mass is 500 g/mol. The molecule has 2 rings (SSSR count). The summed E-state index contributed by atoms with van der Waals surface area (Å²) in [5.74, 6) is -0.486. The lowest BCUT2D eigenvalue weighted by molar-refractivity contribution is -0.114. The molecule has 2 aromatic rings. The second-order valence-electron chi connectivity index (χ2n) is 7.73. The Morgan fingerprint density at radius 1 is 0.886 bits per heavy atom. The van der Waals surface area contributed by atoms with E-state index in [1.54, 1.807) is 26.0 Å². The number of ether oxygens (including phenoxy) is 2. The van der Waals surface area contributed by atoms with Crippen molar-refractivity contribution in [1.82, 2.24) is 10.6 Å². The Bertz CT molecular complexity index is 1020. The van der Waals surface area contributed by atoms with Gasteiger partial charge in [-0.2, -0.15) is 0 Å². The van der Waals surface area contributed by atoms with Crippen molar-refractivity contribution in [3.8, 4) is 0 Å². The fraction of sp³-hybridized carbons (Fsp3) is 0.360. The van der Waals surface area contributed by atoms with Crippen molar-refractivity contribution >= 4 is 47.2 Å². The van der Waals surface area contributed by atoms with Crippen molar-refractivity contribution < 1.29 is 23.9 Å². The fourth-order valence-corrected chi connectivity index (χ4v) is 3.46. The van der Waals surface area contributed by atoms with Gasteiger partial charge in [-0.15, -0.1) is 0 Å². The van der Waals surface area contributed by atoms with Crippen LogP contribution in [0.2, 0.25) is 0 Å². The van der Waals surface area contributed by atoms with Gasteiger partial charge in [-0.1, -0.05) is 43.8 Å². The Balaban J connectivity index is 2.36. The van der Waals surface area contributed by atoms with Crippen LogP contribution in [-0.4, -0.2) is 36.3 Å². The van der Waals surface area contributed by atoms with Crippen LogP contribution in [0.15, 0.2) is 63.3 Å². The van der Waals surface area contributed by atoms with Gasteiger partial charge in [0, 0.05) is 16.7 Å². The van der Waals surface area contributed by atoms with E-state index in [2.05, 4.69) is 20.9 Å². The molecule has 188 valence electrons. The number of guanidine groups is 1. The zero-order valence-electron chi connectivity index (χ0n) is 20.6. The molecule has 0 saturated carbocycles. The van der Waals surface area contributed by atoms with Gasteiger partial charge in [-0.05, 0) is 57.0 Å². The molecule has 0 saturated heterocycles. The van der Waals surface area contributed by atoms with Crippen LogP contribution in [0.25, 0.3) is 0 Å². The van der Waals surface area contributed by atoms with Crippen molar-refractivity contribution in [2.45, 2.75) is 69.5 Å². The van der Waals surface area contributed by atoms with Crippen molar-refractivity contribution in [3.05, 3.63) is 48.5 Å². The molecule has 0 aliphatic rings. The Morgan fingerprint density at radius 3 is 1.97 bits per heavy atom. The molecule has 2 atom stereocenters. The SMILES string of the molecule is CCC(C)OC(=O)NC(=Nc1ccc(Sc2ccccc2)cc1NC(C)=O)NC(=O)OC(C)CC. The van der Waals surface area contributed by atoms with Crippen molar-refractivity contribution in [3.63, 3.8) is 0 Å². The van der Waals surface area contributed by atoms with Crippen LogP contribution >= 0.6 is 11.8 Å². The smallest absolute Gasteiger partial charge is 0.414 e. The fourth-order valence-electron chi connectivity index (χ4n) is 2.58. The topological polar surface area (TPSA) is 118 Å². The van der Waals surface area contributed by atoms with Gasteiger partial charge < -0.3 is 14.8 Å². The summed E-state index contributed by atoms with van der Waals surface area (Å²) in [5.41, 5.74) is 0.727. The number of amides is 3. The van der Waals surface area contributed by atoms with Gasteiger partial charge in [0.05, 0.1) is 11.4 Å². The molecule has 2 unspecified atom stereocenters. The number of anilines is 1. The minimum Gasteiger partial charge on any atom is -0.446 e. The number of alkyl carbamates (subject to hydrolysis) is 2. The van der Waals surface area contributed by atoms with Crippen molar-refractivity contribution in [2.75, 3.05) is 5.32 Å². The van der Waals surface area contributed by atoms with Gasteiger partial charge in [-0.3, -0.25) is 15.4 Å². The minimum atomic E-state index is -0.778. The molecule has 0 bridgehead atoms. The number of nitrogens with one attached hydrogen (secondary N) is 3. The third-order valence-electron chi connectivity index (χ3n) is 4.70. The summed E-state index contributed by atoms with van der Waals surface area (Å²) >= 11 is 1.52. The van der Waals surface area contributed by atoms with E-state index in [4.69, 9.17) is 9.47 Å². The van der Waals surface area contributed by atoms with Crippen LogP contribution < -0.4 is 16.0 Å². The molecule has 10 heteroatoms. The molecular formula is C25H32N4O5S. The summed E-state index contributed by atoms with van der Waals surface area (Å²) in [6, 6.07) is 15.1. The van der Waals surface area contributed by atoms with Gasteiger partial charge in [0.25, 0.3) is 0 Å². The quantitative estimate of drug-likeness (QED) is 0.310. The maximum absolute atomic E-state index is 12.3. The largest absolute Gasteiger partial charge is 0.446 e. The molecule has 0 aliphatic heterocycles. The number of nitrogens with zero attached hydrogens (tertiary/aromatic N) is 1. The van der Waals surface area contributed by atoms with E-state index < -0.39 is 12.2 Å². The molecule has 2 aromatic carbocycles. The van der Waals surface area contributed by atoms with Crippen LogP contribution in [0.3, 0.4) is 0 Å². The number of hydrogen-bond donors (Lipinski definition) is 3. The van der Waals surface area contributed by atoms with Gasteiger partial charge >= 0.3 is 12.2 Å². The van der Waals surface area contributed by atoms with Crippen LogP contribution in [-0.2, 0) is 14.3 Å². The van der Waals surface area contributed by atoms with E-state index in [0.29, 0.717) is 24.2 Å². The van der Waals surface area contributed by atoms with E-state index >= 15 is 0 Å². The highest BCUT2D eigenvalue weighted by atomic mass is 32.2. The third-order valence-corrected chi connectivity index (χ3v) is 5.69. The first-order chi connectivity index (χ1) is 16.7. The number of benzene rings is 2. The maximum atomic E-state index is 12.3. The first-order valence-corrected chi connectivity index (χ1v) is 12.2. The van der Waals surface area contributed by atoms with Crippen molar-refractivity contribution in [1.29, 1.82) is 0 Å². The Morgan fingerprint density at radius 2 is 1.46 bits per heavy atom. The van der Waals surface area contributed by atoms with E-state index in [1.165, 1.54) is 18.7 Å². The van der Waals surface area contributed by atoms with Gasteiger partial charge in [0.1, 0.15) is 12.2 Å². The lowest BCUT2D eigenvalue weighted by Gasteiger charge is -2.16. The minimum absolute atomic E-state index is 0.193. The van der Waals surface area contributed by atoms with Crippen LogP contribution in [0, 0.1) is 0 Å². The molecule has 3 amide bonds. The van der Waals surface area contributed by atoms with Gasteiger partial charge in [0.15, 0.2) is 0 Å². The van der Waals surface area contributed by atoms with Gasteiger partial charge in [0.2, 0.25) is 11.9 Å². The lowest BCUT2D eigenvalue weighted by Crippen LogP contribution is -2.45. The highest BCUT2D eigenvalue weighted by Crippen LogP contribution is 2.34. The first-order valence-electron chi connectivity index (χ1n) is 11.4. The zero-order valence-corrected chi connectivity index (χ0v) is 21.4. The first kappa shape index (κ1) is 27.7. The standard InChI is InChI=1S/C25H32N4O5S/c1-6-16(3)33-24(31)28-23(29-25(32)34-17(4)7-2)27-21-14-13-20(15-22(21)26-18(5)30)35-19-11-9-8-10-12-19/h8-17H,6-7H2,1-5H3,(H,26,30)(H2,27,28,29,31,32). The Kier molecular flexibility index (Phi) is 11.1. The van der Waals surface area contributed by atoms with Crippen LogP contribution in [0.5, 0.6) is 0 Å². The molecule has 0 aliphatic carbocycles. The Hall–Kier alpha value is -3.53. The average molecular weight is 501 g/mol. The molecule has 0 radical (unpaired) electrons. The number of carbonyl (C=O) groups is 3. The predicted molar refractivity (Wildman–Crippen MR) is 137 cm³/mol. The third kappa shape index (κ3) is 10.1. The number of carbonyl (C=O) groups excluding carboxylic acids is 3. The van der Waals surface area contributed by atoms with E-state index in [9.17, 15) is 14.4 Å². The maximum Gasteiger partial charge on any atom is 0.414 e. The molecule has 9 nitrogen and oxygen atoms in total. The summed E-state index contributed by atoms with van der Waals surface area (Å²) in [6.45, 7) is 8.64. The normalized spacial score (nSPS) is 12.0. The molecular weight excluding hydrogens is 468 g/mol. The second kappa shape index (κ2) is 14.0. The van der Waals surface area contributed by atoms with E-state index in [1.807, 2.05) is 50.2 Å². The lowest BCUT2D eigenvalue weighted by atomic mass is 10.2. The molecule has 0 spiro atoms. The van der Waals surface area contributed by atoms with E-state index in [-0.39, 0.29) is 24.1 Å². The number of hydrogen-bond acceptors (Lipinski definition) is 7. The molecule has 3 N–H and O–H groups in total. The van der Waals surface area contributed by atoms with Gasteiger partial charge in [-0.25, -0.2) is 14.6 Å². The summed E-state index contributed by atoms with van der Waals surface area (Å²) in [5, 5.41) is 7.64. The van der Waals surface area contributed by atoms with E-state index in [0.717, 1.165) is 9.79 Å². The molecule has 0 heterocycles. The molecule has 0 fully saturated rings. The molecule has 0 aromatic heterocycles. The highest BCUT2D eigenvalue weighted by Gasteiger charge is 2.17. The van der Waals surface area contributed by atoms with Crippen LogP contribution in [0.4, 0.5) is 21.0 Å². The average Bonchev–Trinajstić information content (AvgIpc) is 2.80. The molecule has 35 heavy (non-hydrogen) atoms. The van der Waals surface area contributed by atoms with Crippen molar-refractivity contribution in [2.24, 2.45) is 4.99 Å².